The van der Waals surface area contributed by atoms with Gasteiger partial charge in [0.1, 0.15) is 5.82 Å². The molecule has 1 atom stereocenters. The summed E-state index contributed by atoms with van der Waals surface area (Å²) in [6.45, 7) is 6.74. The third-order valence-corrected chi connectivity index (χ3v) is 4.88. The Morgan fingerprint density at radius 1 is 1.28 bits per heavy atom. The molecule has 1 heterocycles. The fraction of sp³-hybridized carbons (Fsp3) is 0.529. The Labute approximate surface area is 155 Å². The Morgan fingerprint density at radius 2 is 1.96 bits per heavy atom. The topological polar surface area (TPSA) is 64.7 Å². The summed E-state index contributed by atoms with van der Waals surface area (Å²) in [5.74, 6) is -0.350. The van der Waals surface area contributed by atoms with Crippen LogP contribution >= 0.6 is 15.9 Å². The summed E-state index contributed by atoms with van der Waals surface area (Å²) in [5.41, 5.74) is 0.529. The minimum Gasteiger partial charge on any atom is -0.353 e. The Balaban J connectivity index is 1.79. The van der Waals surface area contributed by atoms with Crippen molar-refractivity contribution in [1.82, 2.24) is 15.1 Å². The Kier molecular flexibility index (Phi) is 7.19. The van der Waals surface area contributed by atoms with Gasteiger partial charge in [0.25, 0.3) is 0 Å². The van der Waals surface area contributed by atoms with Gasteiger partial charge in [-0.25, -0.2) is 9.18 Å². The molecule has 1 aliphatic rings. The molecular formula is C17H24BrFN4O2. The van der Waals surface area contributed by atoms with Gasteiger partial charge < -0.3 is 15.5 Å². The first-order chi connectivity index (χ1) is 11.9. The van der Waals surface area contributed by atoms with Gasteiger partial charge in [-0.15, -0.1) is 0 Å². The average molecular weight is 415 g/mol. The van der Waals surface area contributed by atoms with Crippen molar-refractivity contribution in [2.45, 2.75) is 26.3 Å². The predicted octanol–water partition coefficient (Wildman–Crippen LogP) is 2.65. The highest BCUT2D eigenvalue weighted by Gasteiger charge is 2.23. The van der Waals surface area contributed by atoms with E-state index in [4.69, 9.17) is 0 Å². The predicted molar refractivity (Wildman–Crippen MR) is 99.0 cm³/mol. The van der Waals surface area contributed by atoms with Gasteiger partial charge in [-0.05, 0) is 47.5 Å². The third kappa shape index (κ3) is 5.97. The quantitative estimate of drug-likeness (QED) is 0.778. The standard InChI is InChI=1S/C17H24BrFN4O2/c1-3-12(2)20-16(24)11-22-6-8-23(9-7-22)17(25)21-15-5-4-13(19)10-14(15)18/h4-5,10,12H,3,6-9,11H2,1-2H3,(H,20,24)(H,21,25). The molecule has 0 saturated carbocycles. The summed E-state index contributed by atoms with van der Waals surface area (Å²) in [6, 6.07) is 4.08. The van der Waals surface area contributed by atoms with Crippen molar-refractivity contribution in [1.29, 1.82) is 0 Å². The minimum atomic E-state index is -0.367. The molecule has 1 aromatic rings. The number of urea groups is 1. The fourth-order valence-corrected chi connectivity index (χ4v) is 2.97. The molecule has 8 heteroatoms. The van der Waals surface area contributed by atoms with Crippen LogP contribution in [0, 0.1) is 5.82 Å². The van der Waals surface area contributed by atoms with Crippen LogP contribution in [0.25, 0.3) is 0 Å². The number of halogens is 2. The van der Waals surface area contributed by atoms with Gasteiger partial charge in [-0.2, -0.15) is 0 Å². The molecule has 2 rings (SSSR count). The van der Waals surface area contributed by atoms with Crippen LogP contribution < -0.4 is 10.6 Å². The molecule has 25 heavy (non-hydrogen) atoms. The van der Waals surface area contributed by atoms with E-state index in [1.54, 1.807) is 4.90 Å². The van der Waals surface area contributed by atoms with Crippen LogP contribution in [0.5, 0.6) is 0 Å². The average Bonchev–Trinajstić information content (AvgIpc) is 2.57. The number of hydrogen-bond acceptors (Lipinski definition) is 3. The molecule has 0 bridgehead atoms. The molecule has 6 nitrogen and oxygen atoms in total. The van der Waals surface area contributed by atoms with Crippen LogP contribution in [0.15, 0.2) is 22.7 Å². The van der Waals surface area contributed by atoms with Crippen LogP contribution in [-0.4, -0.2) is 60.5 Å². The van der Waals surface area contributed by atoms with E-state index in [0.29, 0.717) is 42.9 Å². The Morgan fingerprint density at radius 3 is 2.56 bits per heavy atom. The van der Waals surface area contributed by atoms with Gasteiger partial charge >= 0.3 is 6.03 Å². The van der Waals surface area contributed by atoms with E-state index in [9.17, 15) is 14.0 Å². The zero-order valence-electron chi connectivity index (χ0n) is 14.5. The van der Waals surface area contributed by atoms with Crippen molar-refractivity contribution in [2.75, 3.05) is 38.0 Å². The maximum Gasteiger partial charge on any atom is 0.321 e. The molecule has 0 aromatic heterocycles. The lowest BCUT2D eigenvalue weighted by atomic mass is 10.2. The zero-order valence-corrected chi connectivity index (χ0v) is 16.1. The zero-order chi connectivity index (χ0) is 18.4. The highest BCUT2D eigenvalue weighted by molar-refractivity contribution is 9.10. The first-order valence-corrected chi connectivity index (χ1v) is 9.21. The van der Waals surface area contributed by atoms with Crippen LogP contribution in [0.2, 0.25) is 0 Å². The molecule has 1 saturated heterocycles. The smallest absolute Gasteiger partial charge is 0.321 e. The summed E-state index contributed by atoms with van der Waals surface area (Å²) in [4.78, 5) is 28.0. The summed E-state index contributed by atoms with van der Waals surface area (Å²) in [7, 11) is 0. The second-order valence-electron chi connectivity index (χ2n) is 6.19. The van der Waals surface area contributed by atoms with Gasteiger partial charge in [0.05, 0.1) is 12.2 Å². The van der Waals surface area contributed by atoms with E-state index in [0.717, 1.165) is 6.42 Å². The molecular weight excluding hydrogens is 391 g/mol. The van der Waals surface area contributed by atoms with E-state index in [-0.39, 0.29) is 23.8 Å². The van der Waals surface area contributed by atoms with E-state index in [1.807, 2.05) is 18.7 Å². The molecule has 1 unspecified atom stereocenters. The number of anilines is 1. The number of carbonyl (C=O) groups excluding carboxylic acids is 2. The van der Waals surface area contributed by atoms with E-state index in [2.05, 4.69) is 26.6 Å². The van der Waals surface area contributed by atoms with Crippen LogP contribution in [0.4, 0.5) is 14.9 Å². The summed E-state index contributed by atoms with van der Waals surface area (Å²) < 4.78 is 13.6. The van der Waals surface area contributed by atoms with Gasteiger partial charge in [0.15, 0.2) is 0 Å². The van der Waals surface area contributed by atoms with E-state index >= 15 is 0 Å². The third-order valence-electron chi connectivity index (χ3n) is 4.22. The summed E-state index contributed by atoms with van der Waals surface area (Å²) >= 11 is 3.24. The first-order valence-electron chi connectivity index (χ1n) is 8.41. The lowest BCUT2D eigenvalue weighted by molar-refractivity contribution is -0.123. The monoisotopic (exact) mass is 414 g/mol. The molecule has 1 aromatic carbocycles. The number of piperazine rings is 1. The number of nitrogens with zero attached hydrogens (tertiary/aromatic N) is 2. The lowest BCUT2D eigenvalue weighted by Crippen LogP contribution is -2.52. The molecule has 1 aliphatic heterocycles. The minimum absolute atomic E-state index is 0.0162. The van der Waals surface area contributed by atoms with Crippen molar-refractivity contribution < 1.29 is 14.0 Å². The van der Waals surface area contributed by atoms with Crippen LogP contribution in [0.1, 0.15) is 20.3 Å². The van der Waals surface area contributed by atoms with Gasteiger partial charge in [-0.3, -0.25) is 9.69 Å². The number of carbonyl (C=O) groups is 2. The molecule has 3 amide bonds. The summed E-state index contributed by atoms with van der Waals surface area (Å²) in [5, 5.41) is 5.72. The Bertz CT molecular complexity index is 621. The van der Waals surface area contributed by atoms with Gasteiger partial charge in [0, 0.05) is 36.7 Å². The Hall–Kier alpha value is -1.67. The van der Waals surface area contributed by atoms with Crippen molar-refractivity contribution >= 4 is 33.6 Å². The number of benzene rings is 1. The fourth-order valence-electron chi connectivity index (χ4n) is 2.52. The van der Waals surface area contributed by atoms with Crippen LogP contribution in [-0.2, 0) is 4.79 Å². The number of amides is 3. The number of rotatable bonds is 5. The summed E-state index contributed by atoms with van der Waals surface area (Å²) in [6.07, 6.45) is 0.901. The molecule has 0 radical (unpaired) electrons. The van der Waals surface area contributed by atoms with Crippen molar-refractivity contribution in [2.24, 2.45) is 0 Å². The SMILES string of the molecule is CCC(C)NC(=O)CN1CCN(C(=O)Nc2ccc(F)cc2Br)CC1. The highest BCUT2D eigenvalue weighted by atomic mass is 79.9. The normalized spacial score (nSPS) is 16.4. The van der Waals surface area contributed by atoms with Crippen molar-refractivity contribution in [3.63, 3.8) is 0 Å². The van der Waals surface area contributed by atoms with Gasteiger partial charge in [-0.1, -0.05) is 6.92 Å². The molecule has 1 fully saturated rings. The first kappa shape index (κ1) is 19.7. The second kappa shape index (κ2) is 9.15. The lowest BCUT2D eigenvalue weighted by Gasteiger charge is -2.34. The van der Waals surface area contributed by atoms with Crippen molar-refractivity contribution in [3.8, 4) is 0 Å². The maximum atomic E-state index is 13.1. The van der Waals surface area contributed by atoms with E-state index < -0.39 is 0 Å². The second-order valence-corrected chi connectivity index (χ2v) is 7.05. The number of nitrogens with one attached hydrogen (secondary N) is 2. The van der Waals surface area contributed by atoms with Crippen molar-refractivity contribution in [3.05, 3.63) is 28.5 Å². The van der Waals surface area contributed by atoms with Crippen LogP contribution in [0.3, 0.4) is 0 Å². The molecule has 0 spiro atoms. The maximum absolute atomic E-state index is 13.1. The molecule has 2 N–H and O–H groups in total. The van der Waals surface area contributed by atoms with E-state index in [1.165, 1.54) is 18.2 Å². The molecule has 138 valence electrons. The highest BCUT2D eigenvalue weighted by Crippen LogP contribution is 2.23. The van der Waals surface area contributed by atoms with Gasteiger partial charge in [0.2, 0.25) is 5.91 Å². The largest absolute Gasteiger partial charge is 0.353 e. The molecule has 0 aliphatic carbocycles. The number of hydrogen-bond donors (Lipinski definition) is 2.